The van der Waals surface area contributed by atoms with Crippen molar-refractivity contribution in [2.24, 2.45) is 0 Å². The first kappa shape index (κ1) is 14.9. The van der Waals surface area contributed by atoms with Gasteiger partial charge in [-0.05, 0) is 25.1 Å². The van der Waals surface area contributed by atoms with Crippen LogP contribution in [-0.4, -0.2) is 40.4 Å². The molecule has 2 aromatic rings. The minimum atomic E-state index is -0.249. The Bertz CT molecular complexity index is 700. The smallest absolute Gasteiger partial charge is 0.205 e. The molecule has 1 aliphatic heterocycles. The Morgan fingerprint density at radius 1 is 1.32 bits per heavy atom. The summed E-state index contributed by atoms with van der Waals surface area (Å²) in [5, 5.41) is 9.87. The van der Waals surface area contributed by atoms with E-state index >= 15 is 0 Å². The fourth-order valence-electron chi connectivity index (χ4n) is 2.52. The minimum absolute atomic E-state index is 0.249. The third-order valence-electron chi connectivity index (χ3n) is 3.73. The summed E-state index contributed by atoms with van der Waals surface area (Å²) in [6.07, 6.45) is 0. The highest BCUT2D eigenvalue weighted by atomic mass is 32.1. The summed E-state index contributed by atoms with van der Waals surface area (Å²) in [6, 6.07) is 6.57. The van der Waals surface area contributed by atoms with Crippen LogP contribution in [0, 0.1) is 24.1 Å². The van der Waals surface area contributed by atoms with Crippen molar-refractivity contribution in [1.82, 2.24) is 14.3 Å². The van der Waals surface area contributed by atoms with Gasteiger partial charge < -0.3 is 4.90 Å². The molecule has 1 fully saturated rings. The zero-order chi connectivity index (χ0) is 15.5. The minimum Gasteiger partial charge on any atom is -0.344 e. The van der Waals surface area contributed by atoms with Gasteiger partial charge in [-0.2, -0.15) is 9.64 Å². The van der Waals surface area contributed by atoms with Crippen LogP contribution in [0.25, 0.3) is 0 Å². The number of halogens is 1. The van der Waals surface area contributed by atoms with Crippen molar-refractivity contribution in [1.29, 1.82) is 5.26 Å². The van der Waals surface area contributed by atoms with E-state index in [0.717, 1.165) is 37.1 Å². The molecule has 22 heavy (non-hydrogen) atoms. The van der Waals surface area contributed by atoms with Crippen molar-refractivity contribution in [2.45, 2.75) is 13.5 Å². The molecule has 2 heterocycles. The van der Waals surface area contributed by atoms with E-state index < -0.39 is 0 Å². The van der Waals surface area contributed by atoms with Crippen molar-refractivity contribution in [3.8, 4) is 6.07 Å². The number of anilines is 1. The Morgan fingerprint density at radius 3 is 2.73 bits per heavy atom. The number of nitriles is 1. The number of hydrogen-bond donors (Lipinski definition) is 0. The molecule has 1 aromatic heterocycles. The van der Waals surface area contributed by atoms with Gasteiger partial charge in [0, 0.05) is 49.8 Å². The van der Waals surface area contributed by atoms with Crippen LogP contribution in [0.5, 0.6) is 0 Å². The summed E-state index contributed by atoms with van der Waals surface area (Å²) in [5.74, 6) is 0.555. The lowest BCUT2D eigenvalue weighted by Gasteiger charge is -2.34. The van der Waals surface area contributed by atoms with Gasteiger partial charge in [0.2, 0.25) is 5.13 Å². The molecule has 7 heteroatoms. The first-order valence-corrected chi connectivity index (χ1v) is 7.89. The summed E-state index contributed by atoms with van der Waals surface area (Å²) in [4.78, 5) is 8.81. The van der Waals surface area contributed by atoms with Crippen LogP contribution < -0.4 is 4.90 Å². The number of benzene rings is 1. The lowest BCUT2D eigenvalue weighted by molar-refractivity contribution is 0.246. The molecule has 0 amide bonds. The second-order valence-corrected chi connectivity index (χ2v) is 6.04. The molecular weight excluding hydrogens is 301 g/mol. The Balaban J connectivity index is 1.61. The monoisotopic (exact) mass is 317 g/mol. The zero-order valence-corrected chi connectivity index (χ0v) is 13.1. The maximum absolute atomic E-state index is 13.8. The molecule has 0 aliphatic carbocycles. The average molecular weight is 317 g/mol. The first-order valence-electron chi connectivity index (χ1n) is 7.12. The van der Waals surface area contributed by atoms with E-state index in [2.05, 4.69) is 25.2 Å². The van der Waals surface area contributed by atoms with Crippen molar-refractivity contribution in [3.05, 3.63) is 41.0 Å². The highest BCUT2D eigenvalue weighted by Gasteiger charge is 2.20. The van der Waals surface area contributed by atoms with Gasteiger partial charge in [-0.15, -0.1) is 0 Å². The van der Waals surface area contributed by atoms with Crippen molar-refractivity contribution >= 4 is 16.7 Å². The van der Waals surface area contributed by atoms with Gasteiger partial charge in [-0.1, -0.05) is 0 Å². The molecule has 0 atom stereocenters. The van der Waals surface area contributed by atoms with E-state index in [1.807, 2.05) is 6.92 Å². The predicted molar refractivity (Wildman–Crippen MR) is 83.3 cm³/mol. The number of nitrogens with zero attached hydrogens (tertiary/aromatic N) is 5. The quantitative estimate of drug-likeness (QED) is 0.868. The maximum Gasteiger partial charge on any atom is 0.205 e. The largest absolute Gasteiger partial charge is 0.344 e. The molecule has 1 saturated heterocycles. The molecular formula is C15H16FN5S. The molecule has 0 N–H and O–H groups in total. The van der Waals surface area contributed by atoms with E-state index in [1.54, 1.807) is 6.07 Å². The van der Waals surface area contributed by atoms with Gasteiger partial charge in [0.05, 0.1) is 11.6 Å². The number of rotatable bonds is 3. The standard InChI is InChI=1S/C15H16FN5S/c1-11-18-15(22-19-11)21-6-4-20(5-7-21)10-13-8-12(9-17)2-3-14(13)16/h2-3,8H,4-7,10H2,1H3. The summed E-state index contributed by atoms with van der Waals surface area (Å²) in [7, 11) is 0. The zero-order valence-electron chi connectivity index (χ0n) is 12.3. The number of aromatic nitrogens is 2. The second-order valence-electron chi connectivity index (χ2n) is 5.31. The van der Waals surface area contributed by atoms with Gasteiger partial charge in [-0.25, -0.2) is 9.37 Å². The fourth-order valence-corrected chi connectivity index (χ4v) is 3.24. The first-order chi connectivity index (χ1) is 10.7. The van der Waals surface area contributed by atoms with Crippen LogP contribution in [0.4, 0.5) is 9.52 Å². The van der Waals surface area contributed by atoms with Crippen LogP contribution in [0.15, 0.2) is 18.2 Å². The summed E-state index contributed by atoms with van der Waals surface area (Å²) in [5.41, 5.74) is 1.08. The number of aryl methyl sites for hydroxylation is 1. The average Bonchev–Trinajstić information content (AvgIpc) is 2.97. The lowest BCUT2D eigenvalue weighted by atomic mass is 10.1. The van der Waals surface area contributed by atoms with E-state index in [9.17, 15) is 4.39 Å². The maximum atomic E-state index is 13.8. The third kappa shape index (κ3) is 3.24. The van der Waals surface area contributed by atoms with Crippen molar-refractivity contribution in [3.63, 3.8) is 0 Å². The topological polar surface area (TPSA) is 56.1 Å². The van der Waals surface area contributed by atoms with Crippen LogP contribution >= 0.6 is 11.5 Å². The molecule has 5 nitrogen and oxygen atoms in total. The number of hydrogen-bond acceptors (Lipinski definition) is 6. The molecule has 3 rings (SSSR count). The number of piperazine rings is 1. The second kappa shape index (κ2) is 6.38. The third-order valence-corrected chi connectivity index (χ3v) is 4.60. The van der Waals surface area contributed by atoms with Crippen molar-refractivity contribution < 1.29 is 4.39 Å². The molecule has 0 radical (unpaired) electrons. The van der Waals surface area contributed by atoms with Crippen molar-refractivity contribution in [2.75, 3.05) is 31.1 Å². The molecule has 1 aromatic carbocycles. The SMILES string of the molecule is Cc1nsc(N2CCN(Cc3cc(C#N)ccc3F)CC2)n1. The molecule has 114 valence electrons. The Labute approximate surface area is 132 Å². The summed E-state index contributed by atoms with van der Waals surface area (Å²) in [6.45, 7) is 5.82. The summed E-state index contributed by atoms with van der Waals surface area (Å²) >= 11 is 1.42. The van der Waals surface area contributed by atoms with E-state index in [4.69, 9.17) is 5.26 Å². The van der Waals surface area contributed by atoms with Crippen LogP contribution in [0.3, 0.4) is 0 Å². The highest BCUT2D eigenvalue weighted by molar-refractivity contribution is 7.09. The fraction of sp³-hybridized carbons (Fsp3) is 0.400. The summed E-state index contributed by atoms with van der Waals surface area (Å²) < 4.78 is 18.0. The Kier molecular flexibility index (Phi) is 4.32. The van der Waals surface area contributed by atoms with Crippen LogP contribution in [-0.2, 0) is 6.54 Å². The molecule has 0 spiro atoms. The van der Waals surface area contributed by atoms with Crippen LogP contribution in [0.2, 0.25) is 0 Å². The normalized spacial score (nSPS) is 15.8. The van der Waals surface area contributed by atoms with E-state index in [-0.39, 0.29) is 5.82 Å². The molecule has 0 unspecified atom stereocenters. The van der Waals surface area contributed by atoms with Gasteiger partial charge in [0.15, 0.2) is 0 Å². The predicted octanol–water partition coefficient (Wildman–Crippen LogP) is 2.18. The lowest BCUT2D eigenvalue weighted by Crippen LogP contribution is -2.46. The van der Waals surface area contributed by atoms with Gasteiger partial charge in [0.1, 0.15) is 11.6 Å². The van der Waals surface area contributed by atoms with Gasteiger partial charge in [0.25, 0.3) is 0 Å². The highest BCUT2D eigenvalue weighted by Crippen LogP contribution is 2.20. The molecule has 1 aliphatic rings. The van der Waals surface area contributed by atoms with Gasteiger partial charge in [-0.3, -0.25) is 4.90 Å². The Hall–Kier alpha value is -2.04. The molecule has 0 saturated carbocycles. The van der Waals surface area contributed by atoms with E-state index in [1.165, 1.54) is 23.7 Å². The van der Waals surface area contributed by atoms with Crippen LogP contribution in [0.1, 0.15) is 17.0 Å². The van der Waals surface area contributed by atoms with E-state index in [0.29, 0.717) is 17.7 Å². The Morgan fingerprint density at radius 2 is 2.09 bits per heavy atom. The van der Waals surface area contributed by atoms with Gasteiger partial charge >= 0.3 is 0 Å². The molecule has 0 bridgehead atoms.